The van der Waals surface area contributed by atoms with Crippen LogP contribution in [0.15, 0.2) is 18.2 Å². The Bertz CT molecular complexity index is 764. The fourth-order valence-corrected chi connectivity index (χ4v) is 4.57. The zero-order valence-electron chi connectivity index (χ0n) is 13.6. The van der Waals surface area contributed by atoms with Crippen LogP contribution in [0, 0.1) is 12.8 Å². The number of aryl methyl sites for hydroxylation is 1. The SMILES string of the molecule is CCN(Cc1ccc(Cl)s1)C(=O)c1sc(NC(=O)C2CC2)cc1C. The Balaban J connectivity index is 1.72. The summed E-state index contributed by atoms with van der Waals surface area (Å²) in [5.74, 6) is 0.217. The average Bonchev–Trinajstić information content (AvgIpc) is 3.23. The Morgan fingerprint density at radius 2 is 2.08 bits per heavy atom. The van der Waals surface area contributed by atoms with Crippen LogP contribution in [-0.4, -0.2) is 23.3 Å². The molecule has 2 heterocycles. The highest BCUT2D eigenvalue weighted by Crippen LogP contribution is 2.33. The molecule has 2 aromatic rings. The molecule has 0 bridgehead atoms. The third kappa shape index (κ3) is 3.99. The Morgan fingerprint density at radius 3 is 2.67 bits per heavy atom. The van der Waals surface area contributed by atoms with Crippen LogP contribution in [0.1, 0.15) is 39.9 Å². The summed E-state index contributed by atoms with van der Waals surface area (Å²) in [6.45, 7) is 5.04. The average molecular weight is 383 g/mol. The van der Waals surface area contributed by atoms with E-state index < -0.39 is 0 Å². The molecule has 2 aromatic heterocycles. The number of rotatable bonds is 6. The van der Waals surface area contributed by atoms with E-state index in [0.29, 0.717) is 18.0 Å². The highest BCUT2D eigenvalue weighted by atomic mass is 35.5. The number of carbonyl (C=O) groups excluding carboxylic acids is 2. The minimum absolute atomic E-state index is 0.00329. The van der Waals surface area contributed by atoms with E-state index in [1.807, 2.05) is 32.0 Å². The maximum absolute atomic E-state index is 12.8. The number of hydrogen-bond donors (Lipinski definition) is 1. The lowest BCUT2D eigenvalue weighted by molar-refractivity contribution is -0.117. The second-order valence-electron chi connectivity index (χ2n) is 5.91. The second-order valence-corrected chi connectivity index (χ2v) is 8.76. The number of amides is 2. The summed E-state index contributed by atoms with van der Waals surface area (Å²) >= 11 is 8.81. The van der Waals surface area contributed by atoms with E-state index in [0.717, 1.165) is 32.6 Å². The first kappa shape index (κ1) is 17.5. The Hall–Kier alpha value is -1.37. The molecule has 1 saturated carbocycles. The lowest BCUT2D eigenvalue weighted by Gasteiger charge is -2.19. The van der Waals surface area contributed by atoms with E-state index >= 15 is 0 Å². The van der Waals surface area contributed by atoms with Crippen LogP contribution in [0.25, 0.3) is 0 Å². The topological polar surface area (TPSA) is 49.4 Å². The third-order valence-electron chi connectivity index (χ3n) is 3.95. The first-order valence-electron chi connectivity index (χ1n) is 7.92. The van der Waals surface area contributed by atoms with Crippen LogP contribution in [0.4, 0.5) is 5.00 Å². The van der Waals surface area contributed by atoms with Crippen molar-refractivity contribution in [1.29, 1.82) is 0 Å². The summed E-state index contributed by atoms with van der Waals surface area (Å²) in [5, 5.41) is 3.68. The standard InChI is InChI=1S/C17H19ClN2O2S2/c1-3-20(9-12-6-7-13(18)23-12)17(22)15-10(2)8-14(24-15)19-16(21)11-4-5-11/h6-8,11H,3-5,9H2,1-2H3,(H,19,21). The molecular weight excluding hydrogens is 364 g/mol. The van der Waals surface area contributed by atoms with Gasteiger partial charge >= 0.3 is 0 Å². The number of nitrogens with zero attached hydrogens (tertiary/aromatic N) is 1. The molecule has 1 aliphatic carbocycles. The molecule has 3 rings (SSSR count). The molecule has 4 nitrogen and oxygen atoms in total. The van der Waals surface area contributed by atoms with Gasteiger partial charge < -0.3 is 10.2 Å². The van der Waals surface area contributed by atoms with Gasteiger partial charge in [-0.3, -0.25) is 9.59 Å². The van der Waals surface area contributed by atoms with Gasteiger partial charge in [0.2, 0.25) is 5.91 Å². The summed E-state index contributed by atoms with van der Waals surface area (Å²) in [4.78, 5) is 28.3. The summed E-state index contributed by atoms with van der Waals surface area (Å²) in [6, 6.07) is 5.68. The van der Waals surface area contributed by atoms with Gasteiger partial charge in [0.05, 0.1) is 20.8 Å². The quantitative estimate of drug-likeness (QED) is 0.781. The second kappa shape index (κ2) is 7.25. The smallest absolute Gasteiger partial charge is 0.264 e. The Labute approximate surface area is 154 Å². The molecule has 1 fully saturated rings. The maximum atomic E-state index is 12.8. The Kier molecular flexibility index (Phi) is 5.27. The first-order valence-corrected chi connectivity index (χ1v) is 9.93. The van der Waals surface area contributed by atoms with E-state index in [1.165, 1.54) is 22.7 Å². The first-order chi connectivity index (χ1) is 11.5. The zero-order chi connectivity index (χ0) is 17.3. The molecule has 0 spiro atoms. The van der Waals surface area contributed by atoms with Crippen molar-refractivity contribution in [1.82, 2.24) is 4.90 Å². The van der Waals surface area contributed by atoms with Gasteiger partial charge in [-0.1, -0.05) is 11.6 Å². The van der Waals surface area contributed by atoms with E-state index in [-0.39, 0.29) is 17.7 Å². The van der Waals surface area contributed by atoms with Gasteiger partial charge in [-0.15, -0.1) is 22.7 Å². The number of carbonyl (C=O) groups is 2. The number of hydrogen-bond acceptors (Lipinski definition) is 4. The fraction of sp³-hybridized carbons (Fsp3) is 0.412. The summed E-state index contributed by atoms with van der Waals surface area (Å²) < 4.78 is 0.728. The molecule has 2 amide bonds. The maximum Gasteiger partial charge on any atom is 0.264 e. The lowest BCUT2D eigenvalue weighted by atomic mass is 10.2. The molecule has 7 heteroatoms. The molecule has 0 aromatic carbocycles. The predicted octanol–water partition coefficient (Wildman–Crippen LogP) is 4.78. The van der Waals surface area contributed by atoms with Gasteiger partial charge in [0.15, 0.2) is 0 Å². The fourth-order valence-electron chi connectivity index (χ4n) is 2.42. The number of anilines is 1. The lowest BCUT2D eigenvalue weighted by Crippen LogP contribution is -2.29. The van der Waals surface area contributed by atoms with Gasteiger partial charge in [0.1, 0.15) is 0 Å². The summed E-state index contributed by atoms with van der Waals surface area (Å²) in [6.07, 6.45) is 1.93. The van der Waals surface area contributed by atoms with Crippen molar-refractivity contribution in [2.45, 2.75) is 33.2 Å². The van der Waals surface area contributed by atoms with Crippen LogP contribution in [0.3, 0.4) is 0 Å². The molecule has 0 aliphatic heterocycles. The minimum atomic E-state index is -0.00329. The predicted molar refractivity (Wildman–Crippen MR) is 100 cm³/mol. The molecule has 1 aliphatic rings. The van der Waals surface area contributed by atoms with Crippen LogP contribution in [-0.2, 0) is 11.3 Å². The normalized spacial score (nSPS) is 13.8. The highest BCUT2D eigenvalue weighted by molar-refractivity contribution is 7.18. The minimum Gasteiger partial charge on any atom is -0.333 e. The molecule has 1 N–H and O–H groups in total. The summed E-state index contributed by atoms with van der Waals surface area (Å²) in [5.41, 5.74) is 0.902. The molecule has 0 radical (unpaired) electrons. The number of nitrogens with one attached hydrogen (secondary N) is 1. The number of halogens is 1. The molecule has 0 atom stereocenters. The summed E-state index contributed by atoms with van der Waals surface area (Å²) in [7, 11) is 0. The van der Waals surface area contributed by atoms with Crippen LogP contribution < -0.4 is 5.32 Å². The highest BCUT2D eigenvalue weighted by Gasteiger charge is 2.30. The van der Waals surface area contributed by atoms with E-state index in [4.69, 9.17) is 11.6 Å². The van der Waals surface area contributed by atoms with Crippen molar-refractivity contribution in [3.05, 3.63) is 37.9 Å². The van der Waals surface area contributed by atoms with Crippen LogP contribution in [0.2, 0.25) is 4.34 Å². The molecule has 24 heavy (non-hydrogen) atoms. The van der Waals surface area contributed by atoms with Crippen LogP contribution >= 0.6 is 34.3 Å². The van der Waals surface area contributed by atoms with Crippen molar-refractivity contribution in [3.63, 3.8) is 0 Å². The zero-order valence-corrected chi connectivity index (χ0v) is 16.0. The largest absolute Gasteiger partial charge is 0.333 e. The van der Waals surface area contributed by atoms with Crippen LogP contribution in [0.5, 0.6) is 0 Å². The van der Waals surface area contributed by atoms with Crippen molar-refractivity contribution >= 4 is 51.1 Å². The molecule has 128 valence electrons. The van der Waals surface area contributed by atoms with E-state index in [1.54, 1.807) is 4.90 Å². The van der Waals surface area contributed by atoms with Gasteiger partial charge in [0, 0.05) is 17.3 Å². The van der Waals surface area contributed by atoms with E-state index in [2.05, 4.69) is 5.32 Å². The van der Waals surface area contributed by atoms with Crippen molar-refractivity contribution < 1.29 is 9.59 Å². The van der Waals surface area contributed by atoms with Crippen molar-refractivity contribution in [3.8, 4) is 0 Å². The van der Waals surface area contributed by atoms with E-state index in [9.17, 15) is 9.59 Å². The monoisotopic (exact) mass is 382 g/mol. The molecule has 0 unspecified atom stereocenters. The molecule has 0 saturated heterocycles. The molecular formula is C17H19ClN2O2S2. The van der Waals surface area contributed by atoms with Gasteiger partial charge in [0.25, 0.3) is 5.91 Å². The van der Waals surface area contributed by atoms with Gasteiger partial charge in [-0.2, -0.15) is 0 Å². The number of thiophene rings is 2. The van der Waals surface area contributed by atoms with Gasteiger partial charge in [-0.05, 0) is 50.5 Å². The van der Waals surface area contributed by atoms with Crippen molar-refractivity contribution in [2.24, 2.45) is 5.92 Å². The Morgan fingerprint density at radius 1 is 1.33 bits per heavy atom. The van der Waals surface area contributed by atoms with Gasteiger partial charge in [-0.25, -0.2) is 0 Å². The third-order valence-corrected chi connectivity index (χ3v) is 6.31. The van der Waals surface area contributed by atoms with Crippen molar-refractivity contribution in [2.75, 3.05) is 11.9 Å².